The van der Waals surface area contributed by atoms with E-state index in [0.29, 0.717) is 5.75 Å². The van der Waals surface area contributed by atoms with E-state index in [9.17, 15) is 9.59 Å². The lowest BCUT2D eigenvalue weighted by molar-refractivity contribution is -0.145. The first-order chi connectivity index (χ1) is 6.03. The van der Waals surface area contributed by atoms with Gasteiger partial charge < -0.3 is 10.4 Å². The second-order valence-electron chi connectivity index (χ2n) is 3.29. The van der Waals surface area contributed by atoms with E-state index in [4.69, 9.17) is 5.11 Å². The molecule has 1 rings (SSSR count). The van der Waals surface area contributed by atoms with Crippen molar-refractivity contribution >= 4 is 23.0 Å². The van der Waals surface area contributed by atoms with Crippen LogP contribution in [0.1, 0.15) is 20.3 Å². The molecule has 2 N–H and O–H groups in total. The van der Waals surface area contributed by atoms with Crippen LogP contribution in [-0.2, 0) is 4.79 Å². The van der Waals surface area contributed by atoms with E-state index in [0.717, 1.165) is 18.2 Å². The van der Waals surface area contributed by atoms with Gasteiger partial charge in [0.15, 0.2) is 5.54 Å². The number of nitrogens with one attached hydrogen (secondary N) is 1. The summed E-state index contributed by atoms with van der Waals surface area (Å²) in [4.78, 5) is 22.0. The lowest BCUT2D eigenvalue weighted by atomic mass is 9.85. The summed E-state index contributed by atoms with van der Waals surface area (Å²) in [6.45, 7) is 3.77. The van der Waals surface area contributed by atoms with E-state index in [2.05, 4.69) is 5.32 Å². The lowest BCUT2D eigenvalue weighted by Crippen LogP contribution is -2.55. The Balaban J connectivity index is 2.89. The number of rotatable bonds is 3. The third-order valence-electron chi connectivity index (χ3n) is 2.59. The number of carboxylic acid groups (broad SMARTS) is 1. The molecular formula is C8H13NO3S. The lowest BCUT2D eigenvalue weighted by Gasteiger charge is -2.29. The van der Waals surface area contributed by atoms with E-state index < -0.39 is 11.5 Å². The van der Waals surface area contributed by atoms with Crippen LogP contribution in [0.3, 0.4) is 0 Å². The SMILES string of the molecule is CCC(C)C1(C(=O)O)CSC(=O)N1. The molecule has 0 aromatic rings. The Morgan fingerprint density at radius 2 is 2.46 bits per heavy atom. The minimum atomic E-state index is -1.05. The van der Waals surface area contributed by atoms with Crippen molar-refractivity contribution in [2.24, 2.45) is 5.92 Å². The van der Waals surface area contributed by atoms with Crippen LogP contribution in [0.25, 0.3) is 0 Å². The quantitative estimate of drug-likeness (QED) is 0.725. The molecule has 0 aromatic carbocycles. The number of amides is 1. The first kappa shape index (κ1) is 10.4. The molecule has 4 nitrogen and oxygen atoms in total. The third-order valence-corrected chi connectivity index (χ3v) is 3.56. The maximum atomic E-state index is 11.0. The Morgan fingerprint density at radius 3 is 2.77 bits per heavy atom. The number of hydrogen-bond acceptors (Lipinski definition) is 3. The van der Waals surface area contributed by atoms with Crippen molar-refractivity contribution in [1.82, 2.24) is 5.32 Å². The molecule has 0 bridgehead atoms. The second kappa shape index (κ2) is 3.57. The Kier molecular flexibility index (Phi) is 2.85. The van der Waals surface area contributed by atoms with Crippen LogP contribution < -0.4 is 5.32 Å². The summed E-state index contributed by atoms with van der Waals surface area (Å²) in [6.07, 6.45) is 0.743. The van der Waals surface area contributed by atoms with E-state index in [1.807, 2.05) is 13.8 Å². The van der Waals surface area contributed by atoms with Crippen molar-refractivity contribution in [3.63, 3.8) is 0 Å². The summed E-state index contributed by atoms with van der Waals surface area (Å²) in [5.41, 5.74) is -1.05. The summed E-state index contributed by atoms with van der Waals surface area (Å²) in [7, 11) is 0. The molecule has 5 heteroatoms. The molecule has 1 saturated heterocycles. The van der Waals surface area contributed by atoms with Crippen molar-refractivity contribution in [3.05, 3.63) is 0 Å². The highest BCUT2D eigenvalue weighted by Crippen LogP contribution is 2.31. The van der Waals surface area contributed by atoms with Crippen molar-refractivity contribution in [2.75, 3.05) is 5.75 Å². The van der Waals surface area contributed by atoms with Crippen LogP contribution in [0.5, 0.6) is 0 Å². The summed E-state index contributed by atoms with van der Waals surface area (Å²) < 4.78 is 0. The monoisotopic (exact) mass is 203 g/mol. The first-order valence-electron chi connectivity index (χ1n) is 4.21. The summed E-state index contributed by atoms with van der Waals surface area (Å²) in [5.74, 6) is -0.639. The average Bonchev–Trinajstić information content (AvgIpc) is 2.47. The number of hydrogen-bond donors (Lipinski definition) is 2. The van der Waals surface area contributed by atoms with Crippen LogP contribution in [0.15, 0.2) is 0 Å². The third kappa shape index (κ3) is 1.65. The highest BCUT2D eigenvalue weighted by atomic mass is 32.2. The molecule has 1 aliphatic rings. The molecule has 0 saturated carbocycles. The molecule has 1 fully saturated rings. The Bertz CT molecular complexity index is 244. The largest absolute Gasteiger partial charge is 0.479 e. The number of carbonyl (C=O) groups is 2. The van der Waals surface area contributed by atoms with Gasteiger partial charge in [-0.25, -0.2) is 4.79 Å². The zero-order valence-corrected chi connectivity index (χ0v) is 8.48. The normalized spacial score (nSPS) is 29.8. The van der Waals surface area contributed by atoms with E-state index in [1.165, 1.54) is 0 Å². The van der Waals surface area contributed by atoms with Gasteiger partial charge in [-0.1, -0.05) is 32.0 Å². The Morgan fingerprint density at radius 1 is 1.85 bits per heavy atom. The van der Waals surface area contributed by atoms with Gasteiger partial charge in [-0.3, -0.25) is 4.79 Å². The molecular weight excluding hydrogens is 190 g/mol. The molecule has 2 unspecified atom stereocenters. The summed E-state index contributed by atoms with van der Waals surface area (Å²) in [5, 5.41) is 11.4. The predicted octanol–water partition coefficient (Wildman–Crippen LogP) is 1.31. The fourth-order valence-corrected chi connectivity index (χ4v) is 2.47. The van der Waals surface area contributed by atoms with Gasteiger partial charge in [-0.2, -0.15) is 0 Å². The first-order valence-corrected chi connectivity index (χ1v) is 5.20. The van der Waals surface area contributed by atoms with E-state index >= 15 is 0 Å². The van der Waals surface area contributed by atoms with Gasteiger partial charge in [0.1, 0.15) is 0 Å². The molecule has 2 atom stereocenters. The molecule has 0 aromatic heterocycles. The molecule has 1 amide bonds. The van der Waals surface area contributed by atoms with Gasteiger partial charge in [0, 0.05) is 5.75 Å². The minimum absolute atomic E-state index is 0.0380. The van der Waals surface area contributed by atoms with Gasteiger partial charge in [-0.15, -0.1) is 0 Å². The fraction of sp³-hybridized carbons (Fsp3) is 0.750. The maximum absolute atomic E-state index is 11.0. The van der Waals surface area contributed by atoms with Crippen molar-refractivity contribution in [1.29, 1.82) is 0 Å². The standard InChI is InChI=1S/C8H13NO3S/c1-3-5(2)8(6(10)11)4-13-7(12)9-8/h5H,3-4H2,1-2H3,(H,9,12)(H,10,11). The molecule has 0 radical (unpaired) electrons. The smallest absolute Gasteiger partial charge is 0.330 e. The van der Waals surface area contributed by atoms with Crippen molar-refractivity contribution < 1.29 is 14.7 Å². The maximum Gasteiger partial charge on any atom is 0.330 e. The fourth-order valence-electron chi connectivity index (χ4n) is 1.37. The van der Waals surface area contributed by atoms with Crippen LogP contribution in [0, 0.1) is 5.92 Å². The molecule has 0 aliphatic carbocycles. The van der Waals surface area contributed by atoms with Gasteiger partial charge >= 0.3 is 5.97 Å². The molecule has 13 heavy (non-hydrogen) atoms. The van der Waals surface area contributed by atoms with Crippen LogP contribution in [0.2, 0.25) is 0 Å². The predicted molar refractivity (Wildman–Crippen MR) is 50.8 cm³/mol. The zero-order valence-electron chi connectivity index (χ0n) is 7.66. The van der Waals surface area contributed by atoms with Crippen molar-refractivity contribution in [2.45, 2.75) is 25.8 Å². The highest BCUT2D eigenvalue weighted by molar-refractivity contribution is 8.14. The van der Waals surface area contributed by atoms with Crippen LogP contribution in [0.4, 0.5) is 4.79 Å². The van der Waals surface area contributed by atoms with Crippen LogP contribution in [-0.4, -0.2) is 27.6 Å². The summed E-state index contributed by atoms with van der Waals surface area (Å²) >= 11 is 1.05. The summed E-state index contributed by atoms with van der Waals surface area (Å²) in [6, 6.07) is 0. The van der Waals surface area contributed by atoms with Gasteiger partial charge in [0.05, 0.1) is 0 Å². The number of thioether (sulfide) groups is 1. The average molecular weight is 203 g/mol. The van der Waals surface area contributed by atoms with Gasteiger partial charge in [0.2, 0.25) is 0 Å². The van der Waals surface area contributed by atoms with Crippen molar-refractivity contribution in [3.8, 4) is 0 Å². The topological polar surface area (TPSA) is 66.4 Å². The number of carboxylic acids is 1. The Hall–Kier alpha value is -0.710. The number of aliphatic carboxylic acids is 1. The zero-order chi connectivity index (χ0) is 10.1. The molecule has 1 aliphatic heterocycles. The number of carbonyl (C=O) groups excluding carboxylic acids is 1. The van der Waals surface area contributed by atoms with E-state index in [-0.39, 0.29) is 11.2 Å². The molecule has 74 valence electrons. The second-order valence-corrected chi connectivity index (χ2v) is 4.24. The molecule has 0 spiro atoms. The van der Waals surface area contributed by atoms with Gasteiger partial charge in [-0.05, 0) is 5.92 Å². The van der Waals surface area contributed by atoms with E-state index in [1.54, 1.807) is 0 Å². The highest BCUT2D eigenvalue weighted by Gasteiger charge is 2.48. The minimum Gasteiger partial charge on any atom is -0.479 e. The van der Waals surface area contributed by atoms with Crippen LogP contribution >= 0.6 is 11.8 Å². The Labute approximate surface area is 81.1 Å². The van der Waals surface area contributed by atoms with Gasteiger partial charge in [0.25, 0.3) is 5.24 Å². The molecule has 1 heterocycles.